The Morgan fingerprint density at radius 1 is 1.27 bits per heavy atom. The summed E-state index contributed by atoms with van der Waals surface area (Å²) in [5.74, 6) is 1.06. The number of ether oxygens (including phenoxy) is 1. The lowest BCUT2D eigenvalue weighted by Crippen LogP contribution is -2.25. The van der Waals surface area contributed by atoms with Crippen LogP contribution in [-0.4, -0.2) is 37.8 Å². The van der Waals surface area contributed by atoms with E-state index in [1.54, 1.807) is 23.8 Å². The molecule has 124 valence electrons. The van der Waals surface area contributed by atoms with Crippen LogP contribution in [0.5, 0.6) is 5.75 Å². The van der Waals surface area contributed by atoms with Gasteiger partial charge >= 0.3 is 0 Å². The van der Waals surface area contributed by atoms with Gasteiger partial charge in [-0.25, -0.2) is 0 Å². The van der Waals surface area contributed by atoms with E-state index in [0.29, 0.717) is 13.0 Å². The number of rotatable bonds is 10. The average molecular weight is 324 g/mol. The number of hydrogen-bond acceptors (Lipinski definition) is 4. The number of methoxy groups -OCH3 is 1. The van der Waals surface area contributed by atoms with Crippen LogP contribution in [0, 0.1) is 0 Å². The number of nitrogens with zero attached hydrogens (tertiary/aromatic N) is 1. The lowest BCUT2D eigenvalue weighted by molar-refractivity contribution is -0.130. The highest BCUT2D eigenvalue weighted by atomic mass is 32.2. The molecule has 0 aromatic heterocycles. The molecule has 0 fully saturated rings. The standard InChI is InChI=1S/C17H28N2O2S/c1-19(17(20)8-6-4-5-7-11-18)13-14-9-10-16(22-3)15(12-14)21-2/h9-10,12H,4-8,11,13,18H2,1-3H3. The maximum Gasteiger partial charge on any atom is 0.222 e. The molecular formula is C17H28N2O2S. The zero-order chi connectivity index (χ0) is 16.4. The van der Waals surface area contributed by atoms with Crippen LogP contribution in [0.15, 0.2) is 23.1 Å². The van der Waals surface area contributed by atoms with Crippen molar-refractivity contribution < 1.29 is 9.53 Å². The molecule has 0 spiro atoms. The van der Waals surface area contributed by atoms with Crippen LogP contribution in [0.1, 0.15) is 37.7 Å². The molecule has 4 nitrogen and oxygen atoms in total. The summed E-state index contributed by atoms with van der Waals surface area (Å²) in [4.78, 5) is 15.0. The third-order valence-electron chi connectivity index (χ3n) is 3.64. The van der Waals surface area contributed by atoms with E-state index in [9.17, 15) is 4.79 Å². The van der Waals surface area contributed by atoms with E-state index in [2.05, 4.69) is 6.07 Å². The topological polar surface area (TPSA) is 55.6 Å². The molecule has 0 radical (unpaired) electrons. The Labute approximate surface area is 138 Å². The summed E-state index contributed by atoms with van der Waals surface area (Å²) in [7, 11) is 3.53. The molecule has 0 bridgehead atoms. The van der Waals surface area contributed by atoms with E-state index in [0.717, 1.165) is 48.4 Å². The molecule has 5 heteroatoms. The van der Waals surface area contributed by atoms with E-state index in [-0.39, 0.29) is 5.91 Å². The smallest absolute Gasteiger partial charge is 0.222 e. The first kappa shape index (κ1) is 18.8. The van der Waals surface area contributed by atoms with Crippen LogP contribution < -0.4 is 10.5 Å². The largest absolute Gasteiger partial charge is 0.496 e. The zero-order valence-corrected chi connectivity index (χ0v) is 14.7. The minimum absolute atomic E-state index is 0.195. The summed E-state index contributed by atoms with van der Waals surface area (Å²) < 4.78 is 5.39. The summed E-state index contributed by atoms with van der Waals surface area (Å²) >= 11 is 1.66. The molecule has 1 amide bonds. The fraction of sp³-hybridized carbons (Fsp3) is 0.588. The molecule has 1 rings (SSSR count). The molecule has 22 heavy (non-hydrogen) atoms. The Hall–Kier alpha value is -1.20. The maximum atomic E-state index is 12.1. The minimum Gasteiger partial charge on any atom is -0.496 e. The van der Waals surface area contributed by atoms with Crippen LogP contribution in [-0.2, 0) is 11.3 Å². The van der Waals surface area contributed by atoms with E-state index in [4.69, 9.17) is 10.5 Å². The summed E-state index contributed by atoms with van der Waals surface area (Å²) in [6, 6.07) is 6.11. The van der Waals surface area contributed by atoms with Crippen molar-refractivity contribution in [2.24, 2.45) is 5.73 Å². The van der Waals surface area contributed by atoms with Crippen molar-refractivity contribution in [3.63, 3.8) is 0 Å². The van der Waals surface area contributed by atoms with Crippen LogP contribution in [0.25, 0.3) is 0 Å². The molecule has 1 aromatic rings. The fourth-order valence-corrected chi connectivity index (χ4v) is 2.85. The number of nitrogens with two attached hydrogens (primary N) is 1. The molecule has 0 atom stereocenters. The van der Waals surface area contributed by atoms with Gasteiger partial charge in [0, 0.05) is 24.9 Å². The third-order valence-corrected chi connectivity index (χ3v) is 4.42. The number of thioether (sulfide) groups is 1. The van der Waals surface area contributed by atoms with Gasteiger partial charge in [-0.05, 0) is 43.3 Å². The zero-order valence-electron chi connectivity index (χ0n) is 13.9. The second-order valence-corrected chi connectivity index (χ2v) is 6.24. The number of benzene rings is 1. The Morgan fingerprint density at radius 3 is 2.64 bits per heavy atom. The van der Waals surface area contributed by atoms with Gasteiger partial charge in [-0.3, -0.25) is 4.79 Å². The lowest BCUT2D eigenvalue weighted by Gasteiger charge is -2.18. The van der Waals surface area contributed by atoms with Gasteiger partial charge in [-0.15, -0.1) is 11.8 Å². The second kappa shape index (κ2) is 10.5. The SMILES string of the molecule is COc1cc(CN(C)C(=O)CCCCCCN)ccc1SC. The highest BCUT2D eigenvalue weighted by molar-refractivity contribution is 7.98. The number of carbonyl (C=O) groups is 1. The molecule has 1 aromatic carbocycles. The normalized spacial score (nSPS) is 10.5. The fourth-order valence-electron chi connectivity index (χ4n) is 2.31. The molecule has 0 unspecified atom stereocenters. The summed E-state index contributed by atoms with van der Waals surface area (Å²) in [5, 5.41) is 0. The summed E-state index contributed by atoms with van der Waals surface area (Å²) in [6.45, 7) is 1.36. The highest BCUT2D eigenvalue weighted by Crippen LogP contribution is 2.28. The Kier molecular flexibility index (Phi) is 9.01. The van der Waals surface area contributed by atoms with E-state index >= 15 is 0 Å². The molecule has 0 aliphatic carbocycles. The second-order valence-electron chi connectivity index (χ2n) is 5.39. The van der Waals surface area contributed by atoms with Crippen LogP contribution >= 0.6 is 11.8 Å². The summed E-state index contributed by atoms with van der Waals surface area (Å²) in [6.07, 6.45) is 6.82. The first-order valence-electron chi connectivity index (χ1n) is 7.77. The molecule has 0 saturated heterocycles. The van der Waals surface area contributed by atoms with Gasteiger partial charge in [0.2, 0.25) is 5.91 Å². The third kappa shape index (κ3) is 6.28. The predicted octanol–water partition coefficient (Wildman–Crippen LogP) is 3.28. The Morgan fingerprint density at radius 2 is 2.00 bits per heavy atom. The first-order chi connectivity index (χ1) is 10.6. The van der Waals surface area contributed by atoms with Crippen molar-refractivity contribution in [3.05, 3.63) is 23.8 Å². The predicted molar refractivity (Wildman–Crippen MR) is 93.4 cm³/mol. The molecule has 2 N–H and O–H groups in total. The number of hydrogen-bond donors (Lipinski definition) is 1. The molecular weight excluding hydrogens is 296 g/mol. The first-order valence-corrected chi connectivity index (χ1v) is 8.99. The van der Waals surface area contributed by atoms with Crippen molar-refractivity contribution in [3.8, 4) is 5.75 Å². The Bertz CT molecular complexity index is 466. The summed E-state index contributed by atoms with van der Waals surface area (Å²) in [5.41, 5.74) is 6.55. The van der Waals surface area contributed by atoms with Crippen molar-refractivity contribution in [1.29, 1.82) is 0 Å². The lowest BCUT2D eigenvalue weighted by atomic mass is 10.1. The molecule has 0 aliphatic heterocycles. The number of carbonyl (C=O) groups excluding carboxylic acids is 1. The Balaban J connectivity index is 2.46. The van der Waals surface area contributed by atoms with Crippen molar-refractivity contribution in [2.45, 2.75) is 43.5 Å². The van der Waals surface area contributed by atoms with Gasteiger partial charge in [-0.2, -0.15) is 0 Å². The van der Waals surface area contributed by atoms with Gasteiger partial charge in [0.25, 0.3) is 0 Å². The minimum atomic E-state index is 0.195. The van der Waals surface area contributed by atoms with Crippen LogP contribution in [0.4, 0.5) is 0 Å². The maximum absolute atomic E-state index is 12.1. The van der Waals surface area contributed by atoms with Crippen molar-refractivity contribution >= 4 is 17.7 Å². The average Bonchev–Trinajstić information content (AvgIpc) is 2.54. The van der Waals surface area contributed by atoms with Gasteiger partial charge < -0.3 is 15.4 Å². The quantitative estimate of drug-likeness (QED) is 0.530. The van der Waals surface area contributed by atoms with Crippen molar-refractivity contribution in [1.82, 2.24) is 4.90 Å². The van der Waals surface area contributed by atoms with Gasteiger partial charge in [0.05, 0.1) is 7.11 Å². The van der Waals surface area contributed by atoms with Crippen molar-refractivity contribution in [2.75, 3.05) is 27.0 Å². The van der Waals surface area contributed by atoms with E-state index < -0.39 is 0 Å². The monoisotopic (exact) mass is 324 g/mol. The number of unbranched alkanes of at least 4 members (excludes halogenated alkanes) is 3. The van der Waals surface area contributed by atoms with Gasteiger partial charge in [-0.1, -0.05) is 18.9 Å². The van der Waals surface area contributed by atoms with Gasteiger partial charge in [0.15, 0.2) is 0 Å². The molecule has 0 aliphatic rings. The van der Waals surface area contributed by atoms with Crippen LogP contribution in [0.3, 0.4) is 0 Å². The number of amides is 1. The van der Waals surface area contributed by atoms with Crippen LogP contribution in [0.2, 0.25) is 0 Å². The molecule has 0 saturated carbocycles. The van der Waals surface area contributed by atoms with Gasteiger partial charge in [0.1, 0.15) is 5.75 Å². The highest BCUT2D eigenvalue weighted by Gasteiger charge is 2.10. The molecule has 0 heterocycles. The van der Waals surface area contributed by atoms with E-state index in [1.807, 2.05) is 25.4 Å². The van der Waals surface area contributed by atoms with E-state index in [1.165, 1.54) is 0 Å².